The van der Waals surface area contributed by atoms with E-state index in [0.717, 1.165) is 0 Å². The number of amides is 1. The van der Waals surface area contributed by atoms with Gasteiger partial charge in [0.15, 0.2) is 0 Å². The molecule has 5 nitrogen and oxygen atoms in total. The number of nitrogens with zero attached hydrogens (tertiary/aromatic N) is 1. The summed E-state index contributed by atoms with van der Waals surface area (Å²) in [6.07, 6.45) is 0.0468. The van der Waals surface area contributed by atoms with Gasteiger partial charge in [-0.05, 0) is 26.0 Å². The van der Waals surface area contributed by atoms with Gasteiger partial charge in [-0.1, -0.05) is 17.5 Å². The van der Waals surface area contributed by atoms with Crippen molar-refractivity contribution in [3.05, 3.63) is 28.3 Å². The summed E-state index contributed by atoms with van der Waals surface area (Å²) in [5.74, 6) is 3.61. The first kappa shape index (κ1) is 20.0. The molecule has 0 aromatic heterocycles. The van der Waals surface area contributed by atoms with Gasteiger partial charge in [0, 0.05) is 42.6 Å². The highest BCUT2D eigenvalue weighted by molar-refractivity contribution is 6.33. The van der Waals surface area contributed by atoms with Crippen LogP contribution in [0.4, 0.5) is 0 Å². The van der Waals surface area contributed by atoms with Crippen LogP contribution < -0.4 is 4.74 Å². The van der Waals surface area contributed by atoms with Crippen molar-refractivity contribution >= 4 is 29.1 Å². The molecular weight excluding hydrogens is 354 g/mol. The van der Waals surface area contributed by atoms with Crippen LogP contribution in [0, 0.1) is 17.8 Å². The van der Waals surface area contributed by atoms with Crippen molar-refractivity contribution in [2.75, 3.05) is 20.7 Å². The van der Waals surface area contributed by atoms with Crippen LogP contribution in [0.1, 0.15) is 43.7 Å². The smallest absolute Gasteiger partial charge is 0.226 e. The second-order valence-corrected chi connectivity index (χ2v) is 6.68. The summed E-state index contributed by atoms with van der Waals surface area (Å²) in [6, 6.07) is 3.29. The van der Waals surface area contributed by atoms with Gasteiger partial charge in [-0.3, -0.25) is 14.4 Å². The van der Waals surface area contributed by atoms with Crippen LogP contribution in [0.15, 0.2) is 12.1 Å². The molecule has 0 bridgehead atoms. The summed E-state index contributed by atoms with van der Waals surface area (Å²) in [5, 5.41) is 0.268. The summed E-state index contributed by atoms with van der Waals surface area (Å²) in [6.45, 7) is 4.08. The van der Waals surface area contributed by atoms with Crippen LogP contribution in [0.3, 0.4) is 0 Å². The van der Waals surface area contributed by atoms with E-state index in [2.05, 4.69) is 11.8 Å². The van der Waals surface area contributed by atoms with E-state index in [9.17, 15) is 14.4 Å². The molecule has 0 N–H and O–H groups in total. The van der Waals surface area contributed by atoms with E-state index in [1.54, 1.807) is 26.1 Å². The summed E-state index contributed by atoms with van der Waals surface area (Å²) in [5.41, 5.74) is 1.01. The lowest BCUT2D eigenvalue weighted by Gasteiger charge is -2.29. The first-order valence-corrected chi connectivity index (χ1v) is 8.82. The van der Waals surface area contributed by atoms with Crippen LogP contribution in [-0.2, 0) is 14.4 Å². The average molecular weight is 376 g/mol. The third-order valence-corrected chi connectivity index (χ3v) is 4.92. The molecule has 138 valence electrons. The molecule has 1 aliphatic carbocycles. The fourth-order valence-corrected chi connectivity index (χ4v) is 3.52. The summed E-state index contributed by atoms with van der Waals surface area (Å²) in [4.78, 5) is 39.3. The fourth-order valence-electron chi connectivity index (χ4n) is 3.20. The summed E-state index contributed by atoms with van der Waals surface area (Å²) < 4.78 is 5.36. The molecular formula is C20H22ClNO4. The van der Waals surface area contributed by atoms with Gasteiger partial charge in [0.1, 0.15) is 23.2 Å². The molecule has 0 spiro atoms. The van der Waals surface area contributed by atoms with E-state index < -0.39 is 11.8 Å². The van der Waals surface area contributed by atoms with Crippen LogP contribution in [0.5, 0.6) is 5.75 Å². The monoisotopic (exact) mass is 375 g/mol. The number of Topliss-reactive ketones (excluding diaryl/α,β-unsaturated/α-hetero) is 2. The number of hydrogen-bond donors (Lipinski definition) is 0. The Hall–Kier alpha value is -2.32. The lowest BCUT2D eigenvalue weighted by Crippen LogP contribution is -2.41. The standard InChI is InChI=1S/C20H22ClNO4/c1-5-7-12-8-14(21)18(17(9-12)26-4)19-15(23)10-13(11-16(19)24)20(25)22(3)6-2/h8-9,13,19H,6,10-11H2,1-4H3. The van der Waals surface area contributed by atoms with Gasteiger partial charge in [0.2, 0.25) is 5.91 Å². The van der Waals surface area contributed by atoms with Crippen molar-refractivity contribution in [3.63, 3.8) is 0 Å². The van der Waals surface area contributed by atoms with E-state index in [1.165, 1.54) is 12.0 Å². The van der Waals surface area contributed by atoms with Crippen LogP contribution in [0.25, 0.3) is 0 Å². The lowest BCUT2D eigenvalue weighted by molar-refractivity contribution is -0.143. The number of hydrogen-bond acceptors (Lipinski definition) is 4. The molecule has 1 fully saturated rings. The Bertz CT molecular complexity index is 788. The minimum atomic E-state index is -1.00. The Balaban J connectivity index is 2.38. The topological polar surface area (TPSA) is 63.7 Å². The highest BCUT2D eigenvalue weighted by Crippen LogP contribution is 2.40. The number of methoxy groups -OCH3 is 1. The zero-order valence-corrected chi connectivity index (χ0v) is 16.1. The highest BCUT2D eigenvalue weighted by Gasteiger charge is 2.42. The van der Waals surface area contributed by atoms with Crippen molar-refractivity contribution < 1.29 is 19.1 Å². The molecule has 0 unspecified atom stereocenters. The minimum absolute atomic E-state index is 0.0234. The van der Waals surface area contributed by atoms with E-state index in [0.29, 0.717) is 23.4 Å². The zero-order valence-electron chi connectivity index (χ0n) is 15.4. The highest BCUT2D eigenvalue weighted by atomic mass is 35.5. The zero-order chi connectivity index (χ0) is 19.4. The van der Waals surface area contributed by atoms with Crippen LogP contribution in [0.2, 0.25) is 5.02 Å². The molecule has 26 heavy (non-hydrogen) atoms. The molecule has 1 saturated carbocycles. The molecule has 2 rings (SSSR count). The van der Waals surface area contributed by atoms with E-state index in [1.807, 2.05) is 6.92 Å². The maximum atomic E-state index is 12.7. The molecule has 1 aliphatic rings. The van der Waals surface area contributed by atoms with E-state index >= 15 is 0 Å². The number of ether oxygens (including phenoxy) is 1. The van der Waals surface area contributed by atoms with Gasteiger partial charge in [0.05, 0.1) is 13.0 Å². The maximum Gasteiger partial charge on any atom is 0.226 e. The normalized spacial score (nSPS) is 19.6. The second-order valence-electron chi connectivity index (χ2n) is 6.27. The number of benzene rings is 1. The molecule has 0 heterocycles. The molecule has 6 heteroatoms. The van der Waals surface area contributed by atoms with Gasteiger partial charge in [-0.2, -0.15) is 0 Å². The molecule has 1 amide bonds. The third kappa shape index (κ3) is 3.91. The maximum absolute atomic E-state index is 12.7. The predicted octanol–water partition coefficient (Wildman–Crippen LogP) is 2.83. The van der Waals surface area contributed by atoms with E-state index in [-0.39, 0.29) is 35.3 Å². The Morgan fingerprint density at radius 2 is 1.92 bits per heavy atom. The Morgan fingerprint density at radius 3 is 2.42 bits per heavy atom. The minimum Gasteiger partial charge on any atom is -0.496 e. The molecule has 0 saturated heterocycles. The largest absolute Gasteiger partial charge is 0.496 e. The van der Waals surface area contributed by atoms with E-state index in [4.69, 9.17) is 16.3 Å². The van der Waals surface area contributed by atoms with Gasteiger partial charge >= 0.3 is 0 Å². The second kappa shape index (κ2) is 8.37. The van der Waals surface area contributed by atoms with Gasteiger partial charge in [0.25, 0.3) is 0 Å². The molecule has 0 aliphatic heterocycles. The Morgan fingerprint density at radius 1 is 1.31 bits per heavy atom. The van der Waals surface area contributed by atoms with Crippen LogP contribution in [-0.4, -0.2) is 43.1 Å². The quantitative estimate of drug-likeness (QED) is 0.599. The lowest BCUT2D eigenvalue weighted by atomic mass is 9.75. The molecule has 0 atom stereocenters. The van der Waals surface area contributed by atoms with Gasteiger partial charge in [-0.25, -0.2) is 0 Å². The first-order valence-electron chi connectivity index (χ1n) is 8.44. The average Bonchev–Trinajstić information content (AvgIpc) is 2.61. The van der Waals surface area contributed by atoms with Crippen molar-refractivity contribution in [3.8, 4) is 17.6 Å². The predicted molar refractivity (Wildman–Crippen MR) is 99.3 cm³/mol. The summed E-state index contributed by atoms with van der Waals surface area (Å²) in [7, 11) is 3.12. The van der Waals surface area contributed by atoms with Crippen molar-refractivity contribution in [1.82, 2.24) is 4.90 Å². The third-order valence-electron chi connectivity index (χ3n) is 4.61. The van der Waals surface area contributed by atoms with Gasteiger partial charge in [-0.15, -0.1) is 5.92 Å². The van der Waals surface area contributed by atoms with Crippen molar-refractivity contribution in [1.29, 1.82) is 0 Å². The first-order chi connectivity index (χ1) is 12.3. The Labute approximate surface area is 158 Å². The number of ketones is 2. The molecule has 0 radical (unpaired) electrons. The van der Waals surface area contributed by atoms with Crippen LogP contribution >= 0.6 is 11.6 Å². The SMILES string of the molecule is CC#Cc1cc(Cl)c(C2C(=O)CC(C(=O)N(C)CC)CC2=O)c(OC)c1. The number of halogens is 1. The number of carbonyl (C=O) groups is 3. The van der Waals surface area contributed by atoms with Crippen molar-refractivity contribution in [2.24, 2.45) is 5.92 Å². The number of rotatable bonds is 4. The van der Waals surface area contributed by atoms with Gasteiger partial charge < -0.3 is 9.64 Å². The summed E-state index contributed by atoms with van der Waals surface area (Å²) >= 11 is 6.36. The molecule has 1 aromatic carbocycles. The van der Waals surface area contributed by atoms with Crippen molar-refractivity contribution in [2.45, 2.75) is 32.6 Å². The Kier molecular flexibility index (Phi) is 6.44. The molecule has 1 aromatic rings. The fraction of sp³-hybridized carbons (Fsp3) is 0.450. The number of carbonyl (C=O) groups excluding carboxylic acids is 3.